The maximum atomic E-state index is 13.7. The molecule has 0 unspecified atom stereocenters. The van der Waals surface area contributed by atoms with Gasteiger partial charge in [-0.1, -0.05) is 18.2 Å². The van der Waals surface area contributed by atoms with E-state index in [9.17, 15) is 18.0 Å². The van der Waals surface area contributed by atoms with Crippen molar-refractivity contribution in [3.05, 3.63) is 53.8 Å². The zero-order valence-corrected chi connectivity index (χ0v) is 15.2. The van der Waals surface area contributed by atoms with Crippen LogP contribution in [-0.2, 0) is 11.3 Å². The minimum Gasteiger partial charge on any atom is -0.493 e. The first-order valence-electron chi connectivity index (χ1n) is 8.19. The third kappa shape index (κ3) is 5.62. The van der Waals surface area contributed by atoms with Crippen LogP contribution in [0.15, 0.2) is 42.5 Å². The molecule has 27 heavy (non-hydrogen) atoms. The maximum Gasteiger partial charge on any atom is 0.387 e. The average molecular weight is 382 g/mol. The first kappa shape index (κ1) is 20.6. The summed E-state index contributed by atoms with van der Waals surface area (Å²) in [5.74, 6) is -0.777. The SMILES string of the molecule is COc1cc(CN(C)[C@H](C)C(=O)Nc2ccccc2F)ccc1OC(F)F. The van der Waals surface area contributed by atoms with Crippen LogP contribution in [0.3, 0.4) is 0 Å². The number of alkyl halides is 2. The summed E-state index contributed by atoms with van der Waals surface area (Å²) in [6.07, 6.45) is 0. The first-order chi connectivity index (χ1) is 12.8. The van der Waals surface area contributed by atoms with Gasteiger partial charge in [0.15, 0.2) is 11.5 Å². The van der Waals surface area contributed by atoms with Crippen molar-refractivity contribution in [3.63, 3.8) is 0 Å². The largest absolute Gasteiger partial charge is 0.493 e. The summed E-state index contributed by atoms with van der Waals surface area (Å²) < 4.78 is 47.9. The van der Waals surface area contributed by atoms with Crippen LogP contribution < -0.4 is 14.8 Å². The Morgan fingerprint density at radius 3 is 2.52 bits per heavy atom. The van der Waals surface area contributed by atoms with Gasteiger partial charge in [-0.05, 0) is 43.8 Å². The van der Waals surface area contributed by atoms with Gasteiger partial charge in [0.2, 0.25) is 5.91 Å². The lowest BCUT2D eigenvalue weighted by Crippen LogP contribution is -2.39. The molecule has 2 aromatic carbocycles. The van der Waals surface area contributed by atoms with E-state index in [1.165, 1.54) is 31.4 Å². The molecule has 0 saturated carbocycles. The highest BCUT2D eigenvalue weighted by Crippen LogP contribution is 2.30. The molecule has 0 bridgehead atoms. The molecular formula is C19H21F3N2O3. The molecule has 1 atom stereocenters. The molecule has 1 amide bonds. The highest BCUT2D eigenvalue weighted by atomic mass is 19.3. The highest BCUT2D eigenvalue weighted by Gasteiger charge is 2.20. The van der Waals surface area contributed by atoms with E-state index >= 15 is 0 Å². The van der Waals surface area contributed by atoms with Crippen molar-refractivity contribution in [1.82, 2.24) is 4.90 Å². The van der Waals surface area contributed by atoms with Crippen molar-refractivity contribution in [3.8, 4) is 11.5 Å². The third-order valence-electron chi connectivity index (χ3n) is 4.05. The highest BCUT2D eigenvalue weighted by molar-refractivity contribution is 5.94. The lowest BCUT2D eigenvalue weighted by atomic mass is 10.1. The summed E-state index contributed by atoms with van der Waals surface area (Å²) in [6.45, 7) is -0.923. The lowest BCUT2D eigenvalue weighted by Gasteiger charge is -2.24. The molecule has 0 heterocycles. The van der Waals surface area contributed by atoms with Crippen molar-refractivity contribution in [1.29, 1.82) is 0 Å². The molecule has 0 aromatic heterocycles. The number of carbonyl (C=O) groups is 1. The molecule has 0 fully saturated rings. The van der Waals surface area contributed by atoms with E-state index in [-0.39, 0.29) is 23.1 Å². The van der Waals surface area contributed by atoms with Crippen LogP contribution in [0.1, 0.15) is 12.5 Å². The fourth-order valence-corrected chi connectivity index (χ4v) is 2.43. The average Bonchev–Trinajstić information content (AvgIpc) is 2.63. The molecule has 0 aliphatic carbocycles. The lowest BCUT2D eigenvalue weighted by molar-refractivity contribution is -0.120. The van der Waals surface area contributed by atoms with Crippen molar-refractivity contribution < 1.29 is 27.4 Å². The van der Waals surface area contributed by atoms with Crippen LogP contribution in [0.25, 0.3) is 0 Å². The van der Waals surface area contributed by atoms with E-state index in [0.717, 1.165) is 5.56 Å². The molecule has 146 valence electrons. The van der Waals surface area contributed by atoms with Crippen molar-refractivity contribution >= 4 is 11.6 Å². The van der Waals surface area contributed by atoms with Gasteiger partial charge in [0.1, 0.15) is 5.82 Å². The maximum absolute atomic E-state index is 13.7. The predicted octanol–water partition coefficient (Wildman–Crippen LogP) is 3.89. The molecule has 5 nitrogen and oxygen atoms in total. The number of nitrogens with one attached hydrogen (secondary N) is 1. The van der Waals surface area contributed by atoms with E-state index < -0.39 is 18.5 Å². The minimum absolute atomic E-state index is 0.0655. The van der Waals surface area contributed by atoms with E-state index in [0.29, 0.717) is 6.54 Å². The van der Waals surface area contributed by atoms with Gasteiger partial charge in [-0.3, -0.25) is 9.69 Å². The van der Waals surface area contributed by atoms with Crippen LogP contribution in [-0.4, -0.2) is 37.6 Å². The summed E-state index contributed by atoms with van der Waals surface area (Å²) in [5, 5.41) is 2.55. The molecule has 0 aliphatic heterocycles. The molecule has 0 spiro atoms. The van der Waals surface area contributed by atoms with E-state index in [1.807, 2.05) is 0 Å². The van der Waals surface area contributed by atoms with E-state index in [4.69, 9.17) is 4.74 Å². The van der Waals surface area contributed by atoms with Crippen LogP contribution >= 0.6 is 0 Å². The number of anilines is 1. The van der Waals surface area contributed by atoms with Gasteiger partial charge in [-0.2, -0.15) is 8.78 Å². The Balaban J connectivity index is 2.04. The molecule has 1 N–H and O–H groups in total. The van der Waals surface area contributed by atoms with Crippen molar-refractivity contribution in [2.45, 2.75) is 26.1 Å². The fraction of sp³-hybridized carbons (Fsp3) is 0.316. The summed E-state index contributed by atoms with van der Waals surface area (Å²) >= 11 is 0. The van der Waals surface area contributed by atoms with Gasteiger partial charge in [-0.15, -0.1) is 0 Å². The van der Waals surface area contributed by atoms with Gasteiger partial charge in [0.05, 0.1) is 18.8 Å². The van der Waals surface area contributed by atoms with Crippen LogP contribution in [0.2, 0.25) is 0 Å². The Bertz CT molecular complexity index is 787. The number of para-hydroxylation sites is 1. The number of rotatable bonds is 8. The topological polar surface area (TPSA) is 50.8 Å². The Labute approximate surface area is 155 Å². The number of methoxy groups -OCH3 is 1. The zero-order chi connectivity index (χ0) is 20.0. The fourth-order valence-electron chi connectivity index (χ4n) is 2.43. The number of hydrogen-bond acceptors (Lipinski definition) is 4. The second-order valence-electron chi connectivity index (χ2n) is 5.92. The Morgan fingerprint density at radius 1 is 1.19 bits per heavy atom. The normalized spacial score (nSPS) is 12.1. The minimum atomic E-state index is -2.95. The molecule has 0 radical (unpaired) electrons. The predicted molar refractivity (Wildman–Crippen MR) is 95.6 cm³/mol. The molecular weight excluding hydrogens is 361 g/mol. The number of carbonyl (C=O) groups excluding carboxylic acids is 1. The summed E-state index contributed by atoms with van der Waals surface area (Å²) in [4.78, 5) is 14.1. The van der Waals surface area contributed by atoms with Crippen LogP contribution in [0.5, 0.6) is 11.5 Å². The van der Waals surface area contributed by atoms with Gasteiger partial charge in [0.25, 0.3) is 0 Å². The number of halogens is 3. The number of amides is 1. The number of ether oxygens (including phenoxy) is 2. The van der Waals surface area contributed by atoms with Gasteiger partial charge >= 0.3 is 6.61 Å². The third-order valence-corrected chi connectivity index (χ3v) is 4.05. The smallest absolute Gasteiger partial charge is 0.387 e. The van der Waals surface area contributed by atoms with Gasteiger partial charge in [-0.25, -0.2) is 4.39 Å². The van der Waals surface area contributed by atoms with Crippen molar-refractivity contribution in [2.75, 3.05) is 19.5 Å². The Hall–Kier alpha value is -2.74. The second kappa shape index (κ2) is 9.27. The van der Waals surface area contributed by atoms with E-state index in [2.05, 4.69) is 10.1 Å². The molecule has 0 aliphatic rings. The van der Waals surface area contributed by atoms with Gasteiger partial charge in [0, 0.05) is 6.54 Å². The number of likely N-dealkylation sites (N-methyl/N-ethyl adjacent to an activating group) is 1. The number of benzene rings is 2. The standard InChI is InChI=1S/C19H21F3N2O3/c1-12(18(25)23-15-7-5-4-6-14(15)20)24(2)11-13-8-9-16(27-19(21)22)17(10-13)26-3/h4-10,12,19H,11H2,1-3H3,(H,23,25)/t12-/m1/s1. The monoisotopic (exact) mass is 382 g/mol. The van der Waals surface area contributed by atoms with Crippen LogP contribution in [0, 0.1) is 5.82 Å². The molecule has 0 saturated heterocycles. The number of hydrogen-bond donors (Lipinski definition) is 1. The molecule has 2 rings (SSSR count). The van der Waals surface area contributed by atoms with E-state index in [1.54, 1.807) is 37.1 Å². The first-order valence-corrected chi connectivity index (χ1v) is 8.19. The number of nitrogens with zero attached hydrogens (tertiary/aromatic N) is 1. The quantitative estimate of drug-likeness (QED) is 0.753. The second-order valence-corrected chi connectivity index (χ2v) is 5.92. The van der Waals surface area contributed by atoms with Gasteiger partial charge < -0.3 is 14.8 Å². The zero-order valence-electron chi connectivity index (χ0n) is 15.2. The summed E-state index contributed by atoms with van der Waals surface area (Å²) in [6, 6.07) is 9.91. The Kier molecular flexibility index (Phi) is 7.06. The van der Waals surface area contributed by atoms with Crippen LogP contribution in [0.4, 0.5) is 18.9 Å². The summed E-state index contributed by atoms with van der Waals surface area (Å²) in [5.41, 5.74) is 0.847. The Morgan fingerprint density at radius 2 is 1.89 bits per heavy atom. The molecule has 8 heteroatoms. The molecule has 2 aromatic rings. The van der Waals surface area contributed by atoms with Crippen molar-refractivity contribution in [2.24, 2.45) is 0 Å². The summed E-state index contributed by atoms with van der Waals surface area (Å²) in [7, 11) is 3.08.